The lowest BCUT2D eigenvalue weighted by molar-refractivity contribution is 0.122. The van der Waals surface area contributed by atoms with Crippen LogP contribution in [0.3, 0.4) is 0 Å². The van der Waals surface area contributed by atoms with Crippen LogP contribution in [0, 0.1) is 16.7 Å². The molecule has 1 aromatic carbocycles. The van der Waals surface area contributed by atoms with E-state index in [0.717, 1.165) is 44.2 Å². The smallest absolute Gasteiger partial charge is 0.315 e. The highest BCUT2D eigenvalue weighted by atomic mass is 16.5. The van der Waals surface area contributed by atoms with Crippen molar-refractivity contribution in [1.29, 1.82) is 0 Å². The molecule has 3 fully saturated rings. The quantitative estimate of drug-likeness (QED) is 0.820. The van der Waals surface area contributed by atoms with Crippen LogP contribution in [0.4, 0.5) is 10.5 Å². The Bertz CT molecular complexity index is 711. The van der Waals surface area contributed by atoms with Gasteiger partial charge in [0.15, 0.2) is 0 Å². The van der Waals surface area contributed by atoms with Crippen LogP contribution in [0.1, 0.15) is 58.6 Å². The van der Waals surface area contributed by atoms with Crippen molar-refractivity contribution in [1.82, 2.24) is 10.6 Å². The molecule has 0 spiro atoms. The van der Waals surface area contributed by atoms with E-state index >= 15 is 0 Å². The van der Waals surface area contributed by atoms with Gasteiger partial charge in [-0.25, -0.2) is 4.79 Å². The Labute approximate surface area is 169 Å². The third-order valence-electron chi connectivity index (χ3n) is 8.22. The molecule has 0 aromatic heterocycles. The molecule has 2 bridgehead atoms. The summed E-state index contributed by atoms with van der Waals surface area (Å²) in [5, 5.41) is 6.44. The summed E-state index contributed by atoms with van der Waals surface area (Å²) in [6.07, 6.45) is 3.63. The van der Waals surface area contributed by atoms with Crippen molar-refractivity contribution >= 4 is 11.7 Å². The number of nitrogens with zero attached hydrogens (tertiary/aromatic N) is 1. The number of carbonyl (C=O) groups is 1. The number of urea groups is 1. The van der Waals surface area contributed by atoms with E-state index < -0.39 is 0 Å². The van der Waals surface area contributed by atoms with Gasteiger partial charge in [0.05, 0.1) is 19.3 Å². The molecule has 5 heteroatoms. The number of carbonyl (C=O) groups excluding carboxylic acids is 1. The van der Waals surface area contributed by atoms with Crippen molar-refractivity contribution in [3.05, 3.63) is 29.8 Å². The molecule has 1 saturated heterocycles. The average Bonchev–Trinajstić information content (AvgIpc) is 3.02. The Morgan fingerprint density at radius 3 is 2.43 bits per heavy atom. The summed E-state index contributed by atoms with van der Waals surface area (Å²) in [6, 6.07) is 8.76. The molecular weight excluding hydrogens is 350 g/mol. The number of ether oxygens (including phenoxy) is 1. The van der Waals surface area contributed by atoms with Gasteiger partial charge in [-0.2, -0.15) is 0 Å². The van der Waals surface area contributed by atoms with Crippen LogP contribution in [0.5, 0.6) is 0 Å². The first kappa shape index (κ1) is 19.6. The molecule has 1 heterocycles. The normalized spacial score (nSPS) is 32.2. The van der Waals surface area contributed by atoms with Gasteiger partial charge in [-0.15, -0.1) is 0 Å². The van der Waals surface area contributed by atoms with Crippen LogP contribution >= 0.6 is 0 Å². The second kappa shape index (κ2) is 7.25. The number of hydrogen-bond donors (Lipinski definition) is 2. The molecule has 4 rings (SSSR count). The van der Waals surface area contributed by atoms with Crippen LogP contribution in [-0.4, -0.2) is 38.4 Å². The lowest BCUT2D eigenvalue weighted by atomic mass is 9.69. The minimum atomic E-state index is -0.0423. The lowest BCUT2D eigenvalue weighted by Crippen LogP contribution is -2.50. The molecule has 2 amide bonds. The van der Waals surface area contributed by atoms with Crippen LogP contribution in [0.2, 0.25) is 0 Å². The largest absolute Gasteiger partial charge is 0.378 e. The summed E-state index contributed by atoms with van der Waals surface area (Å²) in [7, 11) is 0. The second-order valence-corrected chi connectivity index (χ2v) is 9.69. The molecule has 154 valence electrons. The van der Waals surface area contributed by atoms with E-state index in [4.69, 9.17) is 4.74 Å². The van der Waals surface area contributed by atoms with Crippen molar-refractivity contribution in [2.75, 3.05) is 31.2 Å². The van der Waals surface area contributed by atoms with Crippen LogP contribution in [0.25, 0.3) is 0 Å². The number of nitrogens with one attached hydrogen (secondary N) is 2. The summed E-state index contributed by atoms with van der Waals surface area (Å²) in [5.41, 5.74) is 2.87. The predicted molar refractivity (Wildman–Crippen MR) is 113 cm³/mol. The maximum Gasteiger partial charge on any atom is 0.315 e. The Morgan fingerprint density at radius 2 is 1.86 bits per heavy atom. The fourth-order valence-electron chi connectivity index (χ4n) is 5.70. The highest BCUT2D eigenvalue weighted by molar-refractivity contribution is 5.75. The fraction of sp³-hybridized carbons (Fsp3) is 0.696. The van der Waals surface area contributed by atoms with Crippen molar-refractivity contribution in [3.8, 4) is 0 Å². The van der Waals surface area contributed by atoms with Crippen LogP contribution in [-0.2, 0) is 4.74 Å². The fourth-order valence-corrected chi connectivity index (χ4v) is 5.70. The minimum Gasteiger partial charge on any atom is -0.378 e. The average molecular weight is 386 g/mol. The summed E-state index contributed by atoms with van der Waals surface area (Å²) in [5.74, 6) is 0.730. The van der Waals surface area contributed by atoms with Crippen molar-refractivity contribution in [2.45, 2.75) is 59.0 Å². The van der Waals surface area contributed by atoms with Gasteiger partial charge in [0.2, 0.25) is 0 Å². The number of amides is 2. The number of anilines is 1. The van der Waals surface area contributed by atoms with Gasteiger partial charge in [-0.05, 0) is 60.6 Å². The van der Waals surface area contributed by atoms with Gasteiger partial charge in [0.25, 0.3) is 0 Å². The van der Waals surface area contributed by atoms with Gasteiger partial charge in [0, 0.05) is 24.8 Å². The molecule has 5 nitrogen and oxygen atoms in total. The predicted octanol–water partition coefficient (Wildman–Crippen LogP) is 4.10. The third kappa shape index (κ3) is 3.28. The summed E-state index contributed by atoms with van der Waals surface area (Å²) in [4.78, 5) is 15.0. The molecule has 0 unspecified atom stereocenters. The molecule has 28 heavy (non-hydrogen) atoms. The Hall–Kier alpha value is -1.75. The zero-order chi connectivity index (χ0) is 19.9. The Balaban J connectivity index is 1.33. The van der Waals surface area contributed by atoms with Gasteiger partial charge in [-0.3, -0.25) is 0 Å². The molecular formula is C23H35N3O2. The van der Waals surface area contributed by atoms with E-state index in [-0.39, 0.29) is 23.5 Å². The SMILES string of the molecule is C[C@H](NC(=O)N[C@@H]1C[C@H]2CC[C@@]1(C)C2(C)C)c1ccc(N2CCOCC2)cc1. The molecule has 1 aliphatic heterocycles. The van der Waals surface area contributed by atoms with Crippen LogP contribution < -0.4 is 15.5 Å². The molecule has 2 N–H and O–H groups in total. The van der Waals surface area contributed by atoms with E-state index in [9.17, 15) is 4.79 Å². The van der Waals surface area contributed by atoms with E-state index in [1.165, 1.54) is 18.5 Å². The molecule has 2 saturated carbocycles. The Morgan fingerprint density at radius 1 is 1.18 bits per heavy atom. The van der Waals surface area contributed by atoms with Crippen molar-refractivity contribution < 1.29 is 9.53 Å². The molecule has 0 radical (unpaired) electrons. The first-order chi connectivity index (χ1) is 13.3. The van der Waals surface area contributed by atoms with Gasteiger partial charge in [-0.1, -0.05) is 32.9 Å². The highest BCUT2D eigenvalue weighted by Gasteiger charge is 2.61. The minimum absolute atomic E-state index is 0.0156. The zero-order valence-corrected chi connectivity index (χ0v) is 17.8. The zero-order valence-electron chi connectivity index (χ0n) is 17.8. The van der Waals surface area contributed by atoms with E-state index in [2.05, 4.69) is 67.5 Å². The highest BCUT2D eigenvalue weighted by Crippen LogP contribution is 2.65. The van der Waals surface area contributed by atoms with Crippen molar-refractivity contribution in [2.24, 2.45) is 16.7 Å². The number of hydrogen-bond acceptors (Lipinski definition) is 3. The number of morpholine rings is 1. The van der Waals surface area contributed by atoms with Crippen molar-refractivity contribution in [3.63, 3.8) is 0 Å². The molecule has 2 aliphatic carbocycles. The third-order valence-corrected chi connectivity index (χ3v) is 8.22. The summed E-state index contributed by atoms with van der Waals surface area (Å²) in [6.45, 7) is 12.6. The van der Waals surface area contributed by atoms with E-state index in [1.54, 1.807) is 0 Å². The lowest BCUT2D eigenvalue weighted by Gasteiger charge is -2.39. The first-order valence-electron chi connectivity index (χ1n) is 10.8. The van der Waals surface area contributed by atoms with Gasteiger partial charge >= 0.3 is 6.03 Å². The first-order valence-corrected chi connectivity index (χ1v) is 10.8. The molecule has 4 atom stereocenters. The van der Waals surface area contributed by atoms with Gasteiger partial charge < -0.3 is 20.3 Å². The van der Waals surface area contributed by atoms with E-state index in [0.29, 0.717) is 5.41 Å². The summed E-state index contributed by atoms with van der Waals surface area (Å²) < 4.78 is 5.42. The maximum atomic E-state index is 12.7. The number of benzene rings is 1. The standard InChI is InChI=1S/C23H35N3O2/c1-16(17-5-7-19(8-6-17)26-11-13-28-14-12-26)24-21(27)25-20-15-18-9-10-23(20,4)22(18,2)3/h5-8,16,18,20H,9-15H2,1-4H3,(H2,24,25,27)/t16-,18+,20+,23+/m0/s1. The van der Waals surface area contributed by atoms with Crippen LogP contribution in [0.15, 0.2) is 24.3 Å². The molecule has 3 aliphatic rings. The second-order valence-electron chi connectivity index (χ2n) is 9.69. The maximum absolute atomic E-state index is 12.7. The van der Waals surface area contributed by atoms with E-state index in [1.807, 2.05) is 0 Å². The molecule has 1 aromatic rings. The van der Waals surface area contributed by atoms with Gasteiger partial charge in [0.1, 0.15) is 0 Å². The summed E-state index contributed by atoms with van der Waals surface area (Å²) >= 11 is 0. The topological polar surface area (TPSA) is 53.6 Å². The Kier molecular flexibility index (Phi) is 5.07. The number of fused-ring (bicyclic) bond motifs is 2. The monoisotopic (exact) mass is 385 g/mol. The number of rotatable bonds is 4.